The number of pyridine rings is 1. The number of hydrogen-bond donors (Lipinski definition) is 0. The summed E-state index contributed by atoms with van der Waals surface area (Å²) in [7, 11) is 1.54. The fourth-order valence-corrected chi connectivity index (χ4v) is 3.80. The number of aryl methyl sites for hydroxylation is 1. The topological polar surface area (TPSA) is 74.3 Å². The second kappa shape index (κ2) is 6.96. The van der Waals surface area contributed by atoms with Crippen molar-refractivity contribution in [2.75, 3.05) is 7.11 Å². The molecule has 7 nitrogen and oxygen atoms in total. The third-order valence-electron chi connectivity index (χ3n) is 5.02. The average Bonchev–Trinajstić information content (AvgIpc) is 3.11. The molecule has 0 aliphatic heterocycles. The molecule has 0 fully saturated rings. The van der Waals surface area contributed by atoms with Gasteiger partial charge in [0.2, 0.25) is 0 Å². The van der Waals surface area contributed by atoms with Crippen LogP contribution in [0.4, 0.5) is 0 Å². The molecule has 0 spiro atoms. The highest BCUT2D eigenvalue weighted by Crippen LogP contribution is 2.29. The molecule has 3 heterocycles. The molecule has 0 aliphatic rings. The standard InChI is InChI=1S/C22H16ClN5O2/c1-13-19(14-6-4-3-5-7-14)21-25-24-20-16(28(21)26-13)10-11-27(22(20)29)17-12-15(23)8-9-18(17)30-2/h3-12H,1-2H3. The molecule has 5 rings (SSSR count). The summed E-state index contributed by atoms with van der Waals surface area (Å²) in [5, 5.41) is 13.7. The lowest BCUT2D eigenvalue weighted by molar-refractivity contribution is 0.412. The Bertz CT molecular complexity index is 1470. The van der Waals surface area contributed by atoms with E-state index in [1.165, 1.54) is 4.57 Å². The van der Waals surface area contributed by atoms with Crippen LogP contribution in [0, 0.1) is 6.92 Å². The molecule has 0 atom stereocenters. The van der Waals surface area contributed by atoms with Crippen LogP contribution in [-0.2, 0) is 0 Å². The van der Waals surface area contributed by atoms with E-state index in [4.69, 9.17) is 16.3 Å². The molecule has 3 aromatic heterocycles. The summed E-state index contributed by atoms with van der Waals surface area (Å²) >= 11 is 6.14. The van der Waals surface area contributed by atoms with Gasteiger partial charge in [-0.05, 0) is 36.8 Å². The monoisotopic (exact) mass is 417 g/mol. The molecule has 2 aromatic carbocycles. The summed E-state index contributed by atoms with van der Waals surface area (Å²) in [5.74, 6) is 0.524. The summed E-state index contributed by atoms with van der Waals surface area (Å²) < 4.78 is 8.50. The van der Waals surface area contributed by atoms with Crippen LogP contribution in [0.15, 0.2) is 65.6 Å². The van der Waals surface area contributed by atoms with Crippen molar-refractivity contribution < 1.29 is 4.74 Å². The van der Waals surface area contributed by atoms with Gasteiger partial charge in [-0.2, -0.15) is 5.10 Å². The van der Waals surface area contributed by atoms with Gasteiger partial charge in [-0.1, -0.05) is 41.9 Å². The average molecular weight is 418 g/mol. The molecule has 0 radical (unpaired) electrons. The molecule has 8 heteroatoms. The maximum absolute atomic E-state index is 13.2. The Morgan fingerprint density at radius 1 is 1.03 bits per heavy atom. The number of ether oxygens (including phenoxy) is 1. The molecule has 5 aromatic rings. The van der Waals surface area contributed by atoms with E-state index in [-0.39, 0.29) is 11.1 Å². The van der Waals surface area contributed by atoms with Crippen molar-refractivity contribution in [1.29, 1.82) is 0 Å². The largest absolute Gasteiger partial charge is 0.495 e. The van der Waals surface area contributed by atoms with Crippen LogP contribution in [0.1, 0.15) is 5.69 Å². The fraction of sp³-hybridized carbons (Fsp3) is 0.0909. The van der Waals surface area contributed by atoms with E-state index in [9.17, 15) is 4.79 Å². The van der Waals surface area contributed by atoms with Crippen molar-refractivity contribution in [1.82, 2.24) is 24.4 Å². The van der Waals surface area contributed by atoms with Gasteiger partial charge in [0.05, 0.1) is 24.1 Å². The van der Waals surface area contributed by atoms with E-state index in [0.717, 1.165) is 16.8 Å². The van der Waals surface area contributed by atoms with Crippen molar-refractivity contribution in [3.8, 4) is 22.6 Å². The highest BCUT2D eigenvalue weighted by Gasteiger charge is 2.18. The number of fused-ring (bicyclic) bond motifs is 3. The normalized spacial score (nSPS) is 11.3. The van der Waals surface area contributed by atoms with Crippen LogP contribution >= 0.6 is 11.6 Å². The number of rotatable bonds is 3. The molecule has 0 N–H and O–H groups in total. The summed E-state index contributed by atoms with van der Waals surface area (Å²) in [6.07, 6.45) is 1.67. The minimum Gasteiger partial charge on any atom is -0.495 e. The Balaban J connectivity index is 1.78. The predicted octanol–water partition coefficient (Wildman–Crippen LogP) is 4.07. The zero-order chi connectivity index (χ0) is 20.8. The highest BCUT2D eigenvalue weighted by atomic mass is 35.5. The summed E-state index contributed by atoms with van der Waals surface area (Å²) in [5.41, 5.74) is 4.27. The van der Waals surface area contributed by atoms with Gasteiger partial charge in [-0.15, -0.1) is 10.2 Å². The first kappa shape index (κ1) is 18.3. The predicted molar refractivity (Wildman–Crippen MR) is 116 cm³/mol. The van der Waals surface area contributed by atoms with Gasteiger partial charge >= 0.3 is 0 Å². The zero-order valence-corrected chi connectivity index (χ0v) is 17.0. The van der Waals surface area contributed by atoms with E-state index in [1.54, 1.807) is 42.1 Å². The second-order valence-corrected chi connectivity index (χ2v) is 7.24. The number of methoxy groups -OCH3 is 1. The van der Waals surface area contributed by atoms with Crippen LogP contribution in [-0.4, -0.2) is 31.5 Å². The smallest absolute Gasteiger partial charge is 0.285 e. The van der Waals surface area contributed by atoms with Gasteiger partial charge < -0.3 is 4.74 Å². The molecule has 30 heavy (non-hydrogen) atoms. The molecule has 0 saturated carbocycles. The molecule has 148 valence electrons. The Kier molecular flexibility index (Phi) is 4.25. The van der Waals surface area contributed by atoms with Gasteiger partial charge in [0.1, 0.15) is 11.3 Å². The molecule has 0 saturated heterocycles. The third-order valence-corrected chi connectivity index (χ3v) is 5.25. The van der Waals surface area contributed by atoms with Crippen LogP contribution in [0.2, 0.25) is 5.02 Å². The Hall–Kier alpha value is -3.71. The minimum atomic E-state index is -0.336. The third kappa shape index (κ3) is 2.74. The Morgan fingerprint density at radius 2 is 1.83 bits per heavy atom. The number of benzene rings is 2. The van der Waals surface area contributed by atoms with E-state index in [0.29, 0.717) is 27.6 Å². The van der Waals surface area contributed by atoms with Crippen LogP contribution in [0.5, 0.6) is 5.75 Å². The van der Waals surface area contributed by atoms with Gasteiger partial charge in [-0.25, -0.2) is 4.52 Å². The maximum atomic E-state index is 13.2. The van der Waals surface area contributed by atoms with Crippen molar-refractivity contribution >= 4 is 28.3 Å². The van der Waals surface area contributed by atoms with E-state index in [1.807, 2.05) is 37.3 Å². The first-order valence-corrected chi connectivity index (χ1v) is 9.63. The zero-order valence-electron chi connectivity index (χ0n) is 16.2. The number of halogens is 1. The minimum absolute atomic E-state index is 0.203. The Labute approximate surface area is 176 Å². The number of aromatic nitrogens is 5. The van der Waals surface area contributed by atoms with Gasteiger partial charge in [-0.3, -0.25) is 9.36 Å². The lowest BCUT2D eigenvalue weighted by atomic mass is 10.1. The van der Waals surface area contributed by atoms with Gasteiger partial charge in [0.15, 0.2) is 11.2 Å². The van der Waals surface area contributed by atoms with Crippen LogP contribution in [0.25, 0.3) is 33.5 Å². The lowest BCUT2D eigenvalue weighted by Crippen LogP contribution is -2.20. The number of hydrogen-bond acceptors (Lipinski definition) is 5. The summed E-state index contributed by atoms with van der Waals surface area (Å²) in [6, 6.07) is 16.8. The van der Waals surface area contributed by atoms with Crippen LogP contribution < -0.4 is 10.3 Å². The number of nitrogens with zero attached hydrogens (tertiary/aromatic N) is 5. The molecule has 0 amide bonds. The van der Waals surface area contributed by atoms with Gasteiger partial charge in [0, 0.05) is 11.2 Å². The second-order valence-electron chi connectivity index (χ2n) is 6.80. The summed E-state index contributed by atoms with van der Waals surface area (Å²) in [6.45, 7) is 1.92. The van der Waals surface area contributed by atoms with Crippen molar-refractivity contribution in [2.24, 2.45) is 0 Å². The maximum Gasteiger partial charge on any atom is 0.285 e. The first-order valence-electron chi connectivity index (χ1n) is 9.25. The SMILES string of the molecule is COc1ccc(Cl)cc1-n1ccc2c(nnc3c(-c4ccccc4)c(C)nn32)c1=O. The summed E-state index contributed by atoms with van der Waals surface area (Å²) in [4.78, 5) is 13.2. The molecular weight excluding hydrogens is 402 g/mol. The lowest BCUT2D eigenvalue weighted by Gasteiger charge is -2.12. The molecule has 0 bridgehead atoms. The quantitative estimate of drug-likeness (QED) is 0.442. The van der Waals surface area contributed by atoms with E-state index < -0.39 is 0 Å². The van der Waals surface area contributed by atoms with Gasteiger partial charge in [0.25, 0.3) is 5.56 Å². The Morgan fingerprint density at radius 3 is 2.60 bits per heavy atom. The van der Waals surface area contributed by atoms with E-state index >= 15 is 0 Å². The van der Waals surface area contributed by atoms with Crippen LogP contribution in [0.3, 0.4) is 0 Å². The van der Waals surface area contributed by atoms with Crippen molar-refractivity contribution in [3.05, 3.63) is 81.9 Å². The van der Waals surface area contributed by atoms with Crippen molar-refractivity contribution in [3.63, 3.8) is 0 Å². The fourth-order valence-electron chi connectivity index (χ4n) is 3.64. The molecule has 0 aliphatic carbocycles. The van der Waals surface area contributed by atoms with Crippen molar-refractivity contribution in [2.45, 2.75) is 6.92 Å². The molecule has 0 unspecified atom stereocenters. The molecular formula is C22H16ClN5O2. The van der Waals surface area contributed by atoms with E-state index in [2.05, 4.69) is 15.3 Å². The first-order chi connectivity index (χ1) is 14.6. The highest BCUT2D eigenvalue weighted by molar-refractivity contribution is 6.30.